The fraction of sp³-hybridized carbons (Fsp3) is 0.385. The number of carbonyl (C=O) groups is 2. The number of amides is 2. The standard InChI is InChI=1S/C26H29N5O4S/c1-17-15-30(18(2)28-17)11-12-35-26(33)31-10-9-21-22(14-27)25(36-23(21)16-31)29-24(32)8-7-19-5-4-6-20(13-19)34-3/h4-6,13,15H,7-12,16H2,1-3H3,(H,29,32). The van der Waals surface area contributed by atoms with Gasteiger partial charge in [-0.25, -0.2) is 9.78 Å². The fourth-order valence-electron chi connectivity index (χ4n) is 4.26. The average molecular weight is 508 g/mol. The largest absolute Gasteiger partial charge is 0.497 e. The van der Waals surface area contributed by atoms with Crippen molar-refractivity contribution in [1.82, 2.24) is 14.5 Å². The van der Waals surface area contributed by atoms with Crippen molar-refractivity contribution in [3.63, 3.8) is 0 Å². The first kappa shape index (κ1) is 25.3. The zero-order chi connectivity index (χ0) is 25.7. The maximum Gasteiger partial charge on any atom is 0.410 e. The van der Waals surface area contributed by atoms with E-state index in [2.05, 4.69) is 16.4 Å². The van der Waals surface area contributed by atoms with Gasteiger partial charge in [0, 0.05) is 24.0 Å². The second-order valence-corrected chi connectivity index (χ2v) is 9.73. The number of nitriles is 1. The van der Waals surface area contributed by atoms with Crippen LogP contribution in [0, 0.1) is 25.2 Å². The Hall–Kier alpha value is -3.84. The molecule has 1 N–H and O–H groups in total. The van der Waals surface area contributed by atoms with Gasteiger partial charge in [0.2, 0.25) is 5.91 Å². The van der Waals surface area contributed by atoms with Crippen molar-refractivity contribution in [2.45, 2.75) is 46.2 Å². The van der Waals surface area contributed by atoms with Crippen molar-refractivity contribution >= 4 is 28.3 Å². The maximum absolute atomic E-state index is 12.6. The average Bonchev–Trinajstić information content (AvgIpc) is 3.39. The van der Waals surface area contributed by atoms with Crippen LogP contribution in [0.25, 0.3) is 0 Å². The summed E-state index contributed by atoms with van der Waals surface area (Å²) in [7, 11) is 1.61. The van der Waals surface area contributed by atoms with Crippen LogP contribution in [0.2, 0.25) is 0 Å². The first-order valence-electron chi connectivity index (χ1n) is 11.8. The first-order chi connectivity index (χ1) is 17.4. The molecule has 0 spiro atoms. The Morgan fingerprint density at radius 3 is 2.86 bits per heavy atom. The fourth-order valence-corrected chi connectivity index (χ4v) is 5.49. The summed E-state index contributed by atoms with van der Waals surface area (Å²) in [6.45, 7) is 5.46. The van der Waals surface area contributed by atoms with Crippen LogP contribution >= 0.6 is 11.3 Å². The quantitative estimate of drug-likeness (QED) is 0.489. The van der Waals surface area contributed by atoms with Gasteiger partial charge in [-0.1, -0.05) is 12.1 Å². The van der Waals surface area contributed by atoms with Gasteiger partial charge in [-0.3, -0.25) is 4.79 Å². The molecule has 2 amide bonds. The van der Waals surface area contributed by atoms with Crippen LogP contribution in [0.5, 0.6) is 5.75 Å². The van der Waals surface area contributed by atoms with E-state index in [4.69, 9.17) is 9.47 Å². The molecule has 0 radical (unpaired) electrons. The van der Waals surface area contributed by atoms with E-state index in [0.29, 0.717) is 43.0 Å². The number of thiophene rings is 1. The highest BCUT2D eigenvalue weighted by Gasteiger charge is 2.28. The summed E-state index contributed by atoms with van der Waals surface area (Å²) in [5.41, 5.74) is 3.32. The molecule has 0 unspecified atom stereocenters. The summed E-state index contributed by atoms with van der Waals surface area (Å²) in [5.74, 6) is 1.47. The van der Waals surface area contributed by atoms with Crippen LogP contribution in [-0.2, 0) is 35.5 Å². The highest BCUT2D eigenvalue weighted by Crippen LogP contribution is 2.37. The van der Waals surface area contributed by atoms with Crippen LogP contribution in [0.4, 0.5) is 9.80 Å². The van der Waals surface area contributed by atoms with Gasteiger partial charge >= 0.3 is 6.09 Å². The molecule has 2 aromatic heterocycles. The predicted molar refractivity (Wildman–Crippen MR) is 136 cm³/mol. The molecule has 0 aliphatic carbocycles. The van der Waals surface area contributed by atoms with Crippen molar-refractivity contribution in [1.29, 1.82) is 5.26 Å². The van der Waals surface area contributed by atoms with Crippen LogP contribution in [0.15, 0.2) is 30.5 Å². The Morgan fingerprint density at radius 1 is 1.31 bits per heavy atom. The smallest absolute Gasteiger partial charge is 0.410 e. The predicted octanol–water partition coefficient (Wildman–Crippen LogP) is 4.21. The lowest BCUT2D eigenvalue weighted by Gasteiger charge is -2.26. The number of anilines is 1. The monoisotopic (exact) mass is 507 g/mol. The number of rotatable bonds is 8. The van der Waals surface area contributed by atoms with Gasteiger partial charge in [-0.2, -0.15) is 5.26 Å². The molecule has 0 fully saturated rings. The lowest BCUT2D eigenvalue weighted by molar-refractivity contribution is -0.116. The van der Waals surface area contributed by atoms with Gasteiger partial charge in [0.15, 0.2) is 0 Å². The summed E-state index contributed by atoms with van der Waals surface area (Å²) in [4.78, 5) is 32.1. The molecule has 0 saturated carbocycles. The minimum Gasteiger partial charge on any atom is -0.497 e. The van der Waals surface area contributed by atoms with Gasteiger partial charge in [0.05, 0.1) is 31.5 Å². The van der Waals surface area contributed by atoms with E-state index in [1.807, 2.05) is 48.9 Å². The molecule has 9 nitrogen and oxygen atoms in total. The second-order valence-electron chi connectivity index (χ2n) is 8.63. The number of nitrogens with zero attached hydrogens (tertiary/aromatic N) is 4. The summed E-state index contributed by atoms with van der Waals surface area (Å²) in [5, 5.41) is 13.2. The van der Waals surface area contributed by atoms with Gasteiger partial charge in [-0.15, -0.1) is 11.3 Å². The highest BCUT2D eigenvalue weighted by molar-refractivity contribution is 7.16. The van der Waals surface area contributed by atoms with E-state index < -0.39 is 0 Å². The number of nitrogens with one attached hydrogen (secondary N) is 1. The topological polar surface area (TPSA) is 109 Å². The molecule has 4 rings (SSSR count). The summed E-state index contributed by atoms with van der Waals surface area (Å²) >= 11 is 1.35. The highest BCUT2D eigenvalue weighted by atomic mass is 32.1. The van der Waals surface area contributed by atoms with Crippen molar-refractivity contribution in [3.05, 3.63) is 63.5 Å². The number of carbonyl (C=O) groups excluding carboxylic acids is 2. The molecule has 3 heterocycles. The van der Waals surface area contributed by atoms with Crippen LogP contribution in [-0.4, -0.2) is 46.7 Å². The molecule has 0 saturated heterocycles. The minimum atomic E-state index is -0.383. The van der Waals surface area contributed by atoms with Gasteiger partial charge in [0.1, 0.15) is 29.3 Å². The van der Waals surface area contributed by atoms with E-state index in [9.17, 15) is 14.9 Å². The molecule has 188 valence electrons. The molecule has 0 atom stereocenters. The second kappa shape index (κ2) is 11.3. The Kier molecular flexibility index (Phi) is 7.90. The number of aromatic nitrogens is 2. The van der Waals surface area contributed by atoms with E-state index in [1.165, 1.54) is 11.3 Å². The number of hydrogen-bond acceptors (Lipinski definition) is 7. The van der Waals surface area contributed by atoms with Crippen molar-refractivity contribution < 1.29 is 19.1 Å². The van der Waals surface area contributed by atoms with E-state index in [1.54, 1.807) is 12.0 Å². The number of ether oxygens (including phenoxy) is 2. The number of imidazole rings is 1. The lowest BCUT2D eigenvalue weighted by Crippen LogP contribution is -2.36. The summed E-state index contributed by atoms with van der Waals surface area (Å²) in [6.07, 6.45) is 2.94. The van der Waals surface area contributed by atoms with Gasteiger partial charge in [-0.05, 0) is 49.9 Å². The molecular weight excluding hydrogens is 478 g/mol. The molecule has 1 aromatic carbocycles. The Bertz CT molecular complexity index is 1310. The normalized spacial score (nSPS) is 12.6. The summed E-state index contributed by atoms with van der Waals surface area (Å²) < 4.78 is 12.7. The summed E-state index contributed by atoms with van der Waals surface area (Å²) in [6, 6.07) is 9.85. The Balaban J connectivity index is 1.33. The minimum absolute atomic E-state index is 0.158. The van der Waals surface area contributed by atoms with E-state index >= 15 is 0 Å². The van der Waals surface area contributed by atoms with Gasteiger partial charge in [0.25, 0.3) is 0 Å². The third-order valence-corrected chi connectivity index (χ3v) is 7.24. The Morgan fingerprint density at radius 2 is 2.14 bits per heavy atom. The van der Waals surface area contributed by atoms with Crippen molar-refractivity contribution in [3.8, 4) is 11.8 Å². The number of hydrogen-bond donors (Lipinski definition) is 1. The van der Waals surface area contributed by atoms with Crippen molar-refractivity contribution in [2.24, 2.45) is 0 Å². The third-order valence-electron chi connectivity index (χ3n) is 6.11. The zero-order valence-corrected chi connectivity index (χ0v) is 21.5. The molecule has 1 aliphatic heterocycles. The number of methoxy groups -OCH3 is 1. The molecule has 36 heavy (non-hydrogen) atoms. The Labute approximate surface area is 214 Å². The van der Waals surface area contributed by atoms with Crippen LogP contribution < -0.4 is 10.1 Å². The first-order valence-corrected chi connectivity index (χ1v) is 12.6. The van der Waals surface area contributed by atoms with Crippen LogP contribution in [0.1, 0.15) is 39.5 Å². The maximum atomic E-state index is 12.6. The SMILES string of the molecule is COc1cccc(CCC(=O)Nc2sc3c(c2C#N)CCN(C(=O)OCCn2cc(C)nc2C)C3)c1. The van der Waals surface area contributed by atoms with E-state index in [0.717, 1.165) is 33.3 Å². The molecule has 3 aromatic rings. The lowest BCUT2D eigenvalue weighted by atomic mass is 10.0. The number of benzene rings is 1. The zero-order valence-electron chi connectivity index (χ0n) is 20.7. The number of aryl methyl sites for hydroxylation is 3. The number of fused-ring (bicyclic) bond motifs is 1. The molecule has 0 bridgehead atoms. The van der Waals surface area contributed by atoms with Crippen molar-refractivity contribution in [2.75, 3.05) is 25.6 Å². The third kappa shape index (κ3) is 5.86. The molecule has 1 aliphatic rings. The van der Waals surface area contributed by atoms with Gasteiger partial charge < -0.3 is 24.3 Å². The van der Waals surface area contributed by atoms with Crippen LogP contribution in [0.3, 0.4) is 0 Å². The van der Waals surface area contributed by atoms with E-state index in [-0.39, 0.29) is 25.0 Å². The molecular formula is C26H29N5O4S. The molecule has 10 heteroatoms.